The standard InChI is InChI=1S/C14H19NO2/c1-4-12-7-6-11(3)10-13(12)15(8-9-16)14(17)5-2/h4,6-7,10,16H,1,5,8-9H2,2-3H3. The Kier molecular flexibility index (Phi) is 4.91. The Balaban J connectivity index is 3.20. The summed E-state index contributed by atoms with van der Waals surface area (Å²) < 4.78 is 0. The molecule has 0 radical (unpaired) electrons. The van der Waals surface area contributed by atoms with E-state index in [0.29, 0.717) is 13.0 Å². The van der Waals surface area contributed by atoms with E-state index in [2.05, 4.69) is 6.58 Å². The Morgan fingerprint density at radius 3 is 2.76 bits per heavy atom. The van der Waals surface area contributed by atoms with Gasteiger partial charge < -0.3 is 10.0 Å². The number of hydrogen-bond donors (Lipinski definition) is 1. The number of anilines is 1. The first-order valence-corrected chi connectivity index (χ1v) is 5.78. The Labute approximate surface area is 102 Å². The van der Waals surface area contributed by atoms with Crippen molar-refractivity contribution in [3.05, 3.63) is 35.9 Å². The van der Waals surface area contributed by atoms with Crippen LogP contribution in [-0.2, 0) is 4.79 Å². The van der Waals surface area contributed by atoms with Crippen LogP contribution in [0.1, 0.15) is 24.5 Å². The molecule has 0 saturated heterocycles. The van der Waals surface area contributed by atoms with Gasteiger partial charge in [0, 0.05) is 13.0 Å². The van der Waals surface area contributed by atoms with E-state index in [1.165, 1.54) is 0 Å². The van der Waals surface area contributed by atoms with E-state index in [4.69, 9.17) is 5.11 Å². The lowest BCUT2D eigenvalue weighted by atomic mass is 10.1. The van der Waals surface area contributed by atoms with Gasteiger partial charge in [0.15, 0.2) is 0 Å². The summed E-state index contributed by atoms with van der Waals surface area (Å²) in [4.78, 5) is 13.5. The Morgan fingerprint density at radius 2 is 2.24 bits per heavy atom. The Hall–Kier alpha value is -1.61. The molecule has 1 rings (SSSR count). The summed E-state index contributed by atoms with van der Waals surface area (Å²) >= 11 is 0. The average Bonchev–Trinajstić information content (AvgIpc) is 2.35. The van der Waals surface area contributed by atoms with Crippen LogP contribution in [0.4, 0.5) is 5.69 Å². The van der Waals surface area contributed by atoms with Crippen LogP contribution < -0.4 is 4.90 Å². The van der Waals surface area contributed by atoms with Crippen LogP contribution in [0.2, 0.25) is 0 Å². The van der Waals surface area contributed by atoms with Crippen LogP contribution in [0.3, 0.4) is 0 Å². The molecule has 0 bridgehead atoms. The van der Waals surface area contributed by atoms with Crippen molar-refractivity contribution in [2.45, 2.75) is 20.3 Å². The van der Waals surface area contributed by atoms with E-state index in [9.17, 15) is 4.79 Å². The van der Waals surface area contributed by atoms with Gasteiger partial charge in [-0.2, -0.15) is 0 Å². The summed E-state index contributed by atoms with van der Waals surface area (Å²) in [6.07, 6.45) is 2.15. The summed E-state index contributed by atoms with van der Waals surface area (Å²) in [6.45, 7) is 7.81. The fourth-order valence-electron chi connectivity index (χ4n) is 1.73. The minimum atomic E-state index is -0.0454. The van der Waals surface area contributed by atoms with Crippen LogP contribution >= 0.6 is 0 Å². The maximum atomic E-state index is 11.9. The molecule has 3 nitrogen and oxygen atoms in total. The van der Waals surface area contributed by atoms with Gasteiger partial charge >= 0.3 is 0 Å². The molecule has 0 aliphatic carbocycles. The van der Waals surface area contributed by atoms with Crippen molar-refractivity contribution in [3.8, 4) is 0 Å². The number of benzene rings is 1. The molecule has 0 spiro atoms. The van der Waals surface area contributed by atoms with Gasteiger partial charge in [-0.05, 0) is 24.1 Å². The molecule has 0 aliphatic rings. The van der Waals surface area contributed by atoms with Crippen LogP contribution in [0, 0.1) is 6.92 Å². The lowest BCUT2D eigenvalue weighted by Crippen LogP contribution is -2.33. The number of amides is 1. The van der Waals surface area contributed by atoms with Crippen LogP contribution in [-0.4, -0.2) is 24.2 Å². The van der Waals surface area contributed by atoms with Gasteiger partial charge in [-0.25, -0.2) is 0 Å². The highest BCUT2D eigenvalue weighted by Gasteiger charge is 2.15. The number of aliphatic hydroxyl groups is 1. The van der Waals surface area contributed by atoms with E-state index in [-0.39, 0.29) is 12.5 Å². The van der Waals surface area contributed by atoms with Gasteiger partial charge in [0.1, 0.15) is 0 Å². The maximum absolute atomic E-state index is 11.9. The Bertz CT molecular complexity index is 413. The summed E-state index contributed by atoms with van der Waals surface area (Å²) in [5.74, 6) is 0.00718. The molecular formula is C14H19NO2. The topological polar surface area (TPSA) is 40.5 Å². The predicted octanol–water partition coefficient (Wildman–Crippen LogP) is 2.37. The van der Waals surface area contributed by atoms with Crippen molar-refractivity contribution in [3.63, 3.8) is 0 Å². The van der Waals surface area contributed by atoms with Gasteiger partial charge in [0.05, 0.1) is 12.3 Å². The van der Waals surface area contributed by atoms with Crippen molar-refractivity contribution < 1.29 is 9.90 Å². The zero-order valence-electron chi connectivity index (χ0n) is 10.4. The molecule has 0 atom stereocenters. The van der Waals surface area contributed by atoms with Crippen molar-refractivity contribution >= 4 is 17.7 Å². The van der Waals surface area contributed by atoms with Gasteiger partial charge in [-0.1, -0.05) is 31.7 Å². The molecule has 0 aromatic heterocycles. The highest BCUT2D eigenvalue weighted by Crippen LogP contribution is 2.23. The first-order valence-electron chi connectivity index (χ1n) is 5.78. The van der Waals surface area contributed by atoms with Crippen molar-refractivity contribution in [2.75, 3.05) is 18.1 Å². The molecule has 1 amide bonds. The number of hydrogen-bond acceptors (Lipinski definition) is 2. The zero-order chi connectivity index (χ0) is 12.8. The van der Waals surface area contributed by atoms with E-state index in [0.717, 1.165) is 16.8 Å². The van der Waals surface area contributed by atoms with Gasteiger partial charge in [0.2, 0.25) is 5.91 Å². The maximum Gasteiger partial charge on any atom is 0.226 e. The molecule has 0 unspecified atom stereocenters. The van der Waals surface area contributed by atoms with E-state index < -0.39 is 0 Å². The lowest BCUT2D eigenvalue weighted by molar-refractivity contribution is -0.118. The second-order valence-electron chi connectivity index (χ2n) is 3.89. The smallest absolute Gasteiger partial charge is 0.226 e. The lowest BCUT2D eigenvalue weighted by Gasteiger charge is -2.23. The third kappa shape index (κ3) is 3.17. The van der Waals surface area contributed by atoms with Crippen molar-refractivity contribution in [1.82, 2.24) is 0 Å². The molecule has 1 N–H and O–H groups in total. The van der Waals surface area contributed by atoms with E-state index in [1.54, 1.807) is 11.0 Å². The normalized spacial score (nSPS) is 10.1. The monoisotopic (exact) mass is 233 g/mol. The molecule has 0 fully saturated rings. The second kappa shape index (κ2) is 6.21. The van der Waals surface area contributed by atoms with Crippen LogP contribution in [0.5, 0.6) is 0 Å². The molecule has 17 heavy (non-hydrogen) atoms. The summed E-state index contributed by atoms with van der Waals surface area (Å²) in [6, 6.07) is 5.86. The molecular weight excluding hydrogens is 214 g/mol. The molecule has 1 aromatic carbocycles. The Morgan fingerprint density at radius 1 is 1.53 bits per heavy atom. The number of nitrogens with zero attached hydrogens (tertiary/aromatic N) is 1. The number of carbonyl (C=O) groups is 1. The SMILES string of the molecule is C=Cc1ccc(C)cc1N(CCO)C(=O)CC. The number of aliphatic hydroxyl groups excluding tert-OH is 1. The van der Waals surface area contributed by atoms with Gasteiger partial charge in [0.25, 0.3) is 0 Å². The summed E-state index contributed by atoms with van der Waals surface area (Å²) in [5, 5.41) is 9.06. The number of aryl methyl sites for hydroxylation is 1. The summed E-state index contributed by atoms with van der Waals surface area (Å²) in [5.41, 5.74) is 2.81. The minimum Gasteiger partial charge on any atom is -0.395 e. The molecule has 0 saturated carbocycles. The first kappa shape index (κ1) is 13.5. The highest BCUT2D eigenvalue weighted by molar-refractivity contribution is 5.95. The molecule has 0 heterocycles. The third-order valence-electron chi connectivity index (χ3n) is 2.62. The summed E-state index contributed by atoms with van der Waals surface area (Å²) in [7, 11) is 0. The van der Waals surface area contributed by atoms with E-state index >= 15 is 0 Å². The second-order valence-corrected chi connectivity index (χ2v) is 3.89. The molecule has 92 valence electrons. The zero-order valence-corrected chi connectivity index (χ0v) is 10.4. The van der Waals surface area contributed by atoms with Crippen molar-refractivity contribution in [2.24, 2.45) is 0 Å². The van der Waals surface area contributed by atoms with Crippen LogP contribution in [0.25, 0.3) is 6.08 Å². The van der Waals surface area contributed by atoms with Gasteiger partial charge in [-0.3, -0.25) is 4.79 Å². The largest absolute Gasteiger partial charge is 0.395 e. The third-order valence-corrected chi connectivity index (χ3v) is 2.62. The molecule has 3 heteroatoms. The number of carbonyl (C=O) groups excluding carboxylic acids is 1. The fourth-order valence-corrected chi connectivity index (χ4v) is 1.73. The highest BCUT2D eigenvalue weighted by atomic mass is 16.3. The number of rotatable bonds is 5. The first-order chi connectivity index (χ1) is 8.13. The molecule has 0 aliphatic heterocycles. The quantitative estimate of drug-likeness (QED) is 0.848. The molecule has 1 aromatic rings. The van der Waals surface area contributed by atoms with Crippen LogP contribution in [0.15, 0.2) is 24.8 Å². The van der Waals surface area contributed by atoms with E-state index in [1.807, 2.05) is 32.0 Å². The average molecular weight is 233 g/mol. The predicted molar refractivity (Wildman–Crippen MR) is 71.0 cm³/mol. The minimum absolute atomic E-state index is 0.00718. The van der Waals surface area contributed by atoms with Gasteiger partial charge in [-0.15, -0.1) is 0 Å². The fraction of sp³-hybridized carbons (Fsp3) is 0.357. The van der Waals surface area contributed by atoms with Crippen molar-refractivity contribution in [1.29, 1.82) is 0 Å².